The van der Waals surface area contributed by atoms with E-state index in [1.165, 1.54) is 55.7 Å². The van der Waals surface area contributed by atoms with Gasteiger partial charge in [-0.25, -0.2) is 0 Å². The van der Waals surface area contributed by atoms with Gasteiger partial charge in [0.2, 0.25) is 11.6 Å². The minimum absolute atomic E-state index is 0.157. The highest BCUT2D eigenvalue weighted by molar-refractivity contribution is 5.34. The summed E-state index contributed by atoms with van der Waals surface area (Å²) >= 11 is 0. The van der Waals surface area contributed by atoms with Crippen LogP contribution in [-0.4, -0.2) is 11.7 Å². The molecule has 2 aliphatic carbocycles. The van der Waals surface area contributed by atoms with Crippen molar-refractivity contribution in [3.05, 3.63) is 71.3 Å². The lowest BCUT2D eigenvalue weighted by Crippen LogP contribution is -2.16. The van der Waals surface area contributed by atoms with Crippen LogP contribution in [0, 0.1) is 23.5 Å². The molecule has 0 radical (unpaired) electrons. The average molecular weight is 441 g/mol. The Kier molecular flexibility index (Phi) is 7.49. The highest BCUT2D eigenvalue weighted by Crippen LogP contribution is 2.38. The lowest BCUT2D eigenvalue weighted by atomic mass is 9.77. The molecule has 2 aromatic rings. The number of hydrogen-bond donors (Lipinski definition) is 1. The van der Waals surface area contributed by atoms with Crippen LogP contribution in [0.2, 0.25) is 0 Å². The first kappa shape index (κ1) is 22.8. The third kappa shape index (κ3) is 5.33. The molecule has 4 rings (SSSR count). The number of allylic oxidation sites excluding steroid dienone is 1. The molecule has 2 atom stereocenters. The molecule has 172 valence electrons. The monoisotopic (exact) mass is 440 g/mol. The maximum absolute atomic E-state index is 13.8. The number of benzene rings is 2. The van der Waals surface area contributed by atoms with Gasteiger partial charge in [0.1, 0.15) is 0 Å². The van der Waals surface area contributed by atoms with Gasteiger partial charge >= 0.3 is 0 Å². The van der Waals surface area contributed by atoms with Crippen LogP contribution in [0.3, 0.4) is 0 Å². The highest BCUT2D eigenvalue weighted by Gasteiger charge is 2.23. The van der Waals surface area contributed by atoms with Crippen LogP contribution >= 0.6 is 0 Å². The number of hydrogen-bond acceptors (Lipinski definition) is 2. The zero-order valence-corrected chi connectivity index (χ0v) is 18.9. The smallest absolute Gasteiger partial charge is 0.204 e. The molecule has 2 unspecified atom stereocenters. The summed E-state index contributed by atoms with van der Waals surface area (Å²) < 4.78 is 32.8. The molecule has 1 N–H and O–H groups in total. The maximum atomic E-state index is 13.8. The standard InChI is InChI=1S/C28H34F2O2/c1-2-3-19-4-8-21(9-5-19)23-12-14-24(15-13-23)22-10-6-20(7-11-22)18-32-26-17-16-25(31)27(29)28(26)30/h6,10,12-17,19-22,31H,2-5,7-9,11,18H2,1H3. The average Bonchev–Trinajstić information content (AvgIpc) is 2.83. The van der Waals surface area contributed by atoms with E-state index in [2.05, 4.69) is 43.3 Å². The van der Waals surface area contributed by atoms with Crippen LogP contribution in [0.1, 0.15) is 81.3 Å². The van der Waals surface area contributed by atoms with Crippen molar-refractivity contribution in [1.29, 1.82) is 0 Å². The second-order valence-electron chi connectivity index (χ2n) is 9.52. The highest BCUT2D eigenvalue weighted by atomic mass is 19.2. The fraction of sp³-hybridized carbons (Fsp3) is 0.500. The van der Waals surface area contributed by atoms with Crippen molar-refractivity contribution >= 4 is 0 Å². The van der Waals surface area contributed by atoms with Gasteiger partial charge in [0.15, 0.2) is 11.5 Å². The van der Waals surface area contributed by atoms with Gasteiger partial charge in [0.25, 0.3) is 0 Å². The summed E-state index contributed by atoms with van der Waals surface area (Å²) in [6.45, 7) is 2.58. The molecule has 1 fully saturated rings. The van der Waals surface area contributed by atoms with Gasteiger partial charge in [-0.05, 0) is 73.6 Å². The van der Waals surface area contributed by atoms with Gasteiger partial charge in [0.05, 0.1) is 6.61 Å². The predicted molar refractivity (Wildman–Crippen MR) is 124 cm³/mol. The van der Waals surface area contributed by atoms with E-state index in [-0.39, 0.29) is 11.7 Å². The summed E-state index contributed by atoms with van der Waals surface area (Å²) in [6, 6.07) is 11.6. The van der Waals surface area contributed by atoms with E-state index in [4.69, 9.17) is 4.74 Å². The second kappa shape index (κ2) is 10.5. The Morgan fingerprint density at radius 1 is 0.844 bits per heavy atom. The quantitative estimate of drug-likeness (QED) is 0.444. The molecule has 2 aliphatic rings. The molecule has 0 spiro atoms. The van der Waals surface area contributed by atoms with Gasteiger partial charge in [-0.15, -0.1) is 0 Å². The molecule has 0 aromatic heterocycles. The Hall–Kier alpha value is -2.36. The first-order chi connectivity index (χ1) is 15.5. The predicted octanol–water partition coefficient (Wildman–Crippen LogP) is 7.87. The van der Waals surface area contributed by atoms with Crippen molar-refractivity contribution in [1.82, 2.24) is 0 Å². The van der Waals surface area contributed by atoms with Crippen LogP contribution in [0.25, 0.3) is 0 Å². The number of aromatic hydroxyl groups is 1. The Balaban J connectivity index is 1.29. The molecular weight excluding hydrogens is 406 g/mol. The fourth-order valence-electron chi connectivity index (χ4n) is 5.33. The van der Waals surface area contributed by atoms with E-state index in [9.17, 15) is 13.9 Å². The van der Waals surface area contributed by atoms with E-state index >= 15 is 0 Å². The maximum Gasteiger partial charge on any atom is 0.204 e. The van der Waals surface area contributed by atoms with Crippen LogP contribution in [0.4, 0.5) is 8.78 Å². The van der Waals surface area contributed by atoms with Crippen molar-refractivity contribution in [2.24, 2.45) is 11.8 Å². The van der Waals surface area contributed by atoms with E-state index in [1.54, 1.807) is 0 Å². The first-order valence-corrected chi connectivity index (χ1v) is 12.1. The lowest BCUT2D eigenvalue weighted by Gasteiger charge is -2.29. The van der Waals surface area contributed by atoms with Crippen molar-refractivity contribution in [2.45, 2.75) is 70.1 Å². The Bertz CT molecular complexity index is 914. The molecule has 0 heterocycles. The largest absolute Gasteiger partial charge is 0.505 e. The molecular formula is C28H34F2O2. The third-order valence-corrected chi connectivity index (χ3v) is 7.32. The van der Waals surface area contributed by atoms with Crippen LogP contribution < -0.4 is 4.74 Å². The Morgan fingerprint density at radius 3 is 2.22 bits per heavy atom. The molecule has 2 nitrogen and oxygen atoms in total. The number of ether oxygens (including phenoxy) is 1. The molecule has 0 saturated heterocycles. The zero-order chi connectivity index (χ0) is 22.5. The molecule has 4 heteroatoms. The topological polar surface area (TPSA) is 29.5 Å². The molecule has 0 amide bonds. The Morgan fingerprint density at radius 2 is 1.56 bits per heavy atom. The minimum atomic E-state index is -1.26. The summed E-state index contributed by atoms with van der Waals surface area (Å²) in [5.74, 6) is -1.06. The summed E-state index contributed by atoms with van der Waals surface area (Å²) in [5, 5.41) is 9.22. The van der Waals surface area contributed by atoms with Crippen LogP contribution in [0.15, 0.2) is 48.6 Å². The molecule has 1 saturated carbocycles. The van der Waals surface area contributed by atoms with Gasteiger partial charge in [-0.2, -0.15) is 8.78 Å². The lowest BCUT2D eigenvalue weighted by molar-refractivity contribution is 0.245. The van der Waals surface area contributed by atoms with Gasteiger partial charge in [-0.3, -0.25) is 0 Å². The summed E-state index contributed by atoms with van der Waals surface area (Å²) in [7, 11) is 0. The third-order valence-electron chi connectivity index (χ3n) is 7.32. The van der Waals surface area contributed by atoms with E-state index in [1.807, 2.05) is 0 Å². The first-order valence-electron chi connectivity index (χ1n) is 12.1. The normalized spacial score (nSPS) is 25.6. The molecule has 32 heavy (non-hydrogen) atoms. The number of phenols is 1. The number of phenolic OH excluding ortho intramolecular Hbond substituents is 1. The van der Waals surface area contributed by atoms with Gasteiger partial charge in [-0.1, -0.05) is 56.2 Å². The minimum Gasteiger partial charge on any atom is -0.505 e. The van der Waals surface area contributed by atoms with Gasteiger partial charge < -0.3 is 9.84 Å². The molecule has 0 aliphatic heterocycles. The molecule has 2 aromatic carbocycles. The van der Waals surface area contributed by atoms with Crippen molar-refractivity contribution in [2.75, 3.05) is 6.61 Å². The zero-order valence-electron chi connectivity index (χ0n) is 18.9. The number of halogens is 2. The molecule has 0 bridgehead atoms. The second-order valence-corrected chi connectivity index (χ2v) is 9.52. The van der Waals surface area contributed by atoms with Gasteiger partial charge in [0, 0.05) is 11.8 Å². The number of rotatable bonds is 7. The van der Waals surface area contributed by atoms with Crippen LogP contribution in [0.5, 0.6) is 11.5 Å². The van der Waals surface area contributed by atoms with Crippen molar-refractivity contribution < 1.29 is 18.6 Å². The fourth-order valence-corrected chi connectivity index (χ4v) is 5.33. The van der Waals surface area contributed by atoms with Crippen molar-refractivity contribution in [3.63, 3.8) is 0 Å². The van der Waals surface area contributed by atoms with E-state index < -0.39 is 17.4 Å². The van der Waals surface area contributed by atoms with Crippen molar-refractivity contribution in [3.8, 4) is 11.5 Å². The SMILES string of the molecule is CCCC1CCC(c2ccc(C3C=CC(COc4ccc(O)c(F)c4F)CC3)cc2)CC1. The van der Waals surface area contributed by atoms with Crippen LogP contribution in [-0.2, 0) is 0 Å². The summed E-state index contributed by atoms with van der Waals surface area (Å²) in [4.78, 5) is 0. The summed E-state index contributed by atoms with van der Waals surface area (Å²) in [5.41, 5.74) is 2.83. The summed E-state index contributed by atoms with van der Waals surface area (Å²) in [6.07, 6.45) is 14.4. The van der Waals surface area contributed by atoms with E-state index in [0.29, 0.717) is 18.4 Å². The Labute approximate surface area is 190 Å². The van der Waals surface area contributed by atoms with E-state index in [0.717, 1.165) is 24.8 Å².